The number of aliphatic imine (C=N–C) groups is 2. The van der Waals surface area contributed by atoms with Crippen LogP contribution in [0.5, 0.6) is 11.5 Å². The van der Waals surface area contributed by atoms with Gasteiger partial charge < -0.3 is 14.4 Å². The molecule has 2 aromatic heterocycles. The molecule has 4 aliphatic heterocycles. The molecule has 3 aromatic rings. The summed E-state index contributed by atoms with van der Waals surface area (Å²) in [7, 11) is 0. The van der Waals surface area contributed by atoms with Gasteiger partial charge in [0, 0.05) is 47.5 Å². The second kappa shape index (κ2) is 12.7. The zero-order chi connectivity index (χ0) is 37.3. The van der Waals surface area contributed by atoms with Crippen LogP contribution >= 0.6 is 46.2 Å². The monoisotopic (exact) mass is 762 g/mol. The molecule has 0 spiro atoms. The summed E-state index contributed by atoms with van der Waals surface area (Å²) >= 11 is 4.83. The number of ether oxygens (including phenoxy) is 2. The number of thioether (sulfide) groups is 2. The van der Waals surface area contributed by atoms with Crippen molar-refractivity contribution in [2.75, 3.05) is 13.1 Å². The maximum Gasteiger partial charge on any atom is 0.550 e. The van der Waals surface area contributed by atoms with Crippen LogP contribution in [0.2, 0.25) is 0 Å². The smallest absolute Gasteiger partial charge is 0.482 e. The predicted molar refractivity (Wildman–Crippen MR) is 203 cm³/mol. The highest BCUT2D eigenvalue weighted by Gasteiger charge is 2.42. The van der Waals surface area contributed by atoms with Crippen LogP contribution in [0.25, 0.3) is 30.6 Å². The molecule has 7 rings (SSSR count). The summed E-state index contributed by atoms with van der Waals surface area (Å²) in [6.45, 7) is 26.9. The Morgan fingerprint density at radius 2 is 1.19 bits per heavy atom. The average molecular weight is 763 g/mol. The lowest BCUT2D eigenvalue weighted by Crippen LogP contribution is -2.32. The number of benzene rings is 1. The minimum atomic E-state index is -0.740. The number of hydrogen-bond donors (Lipinski definition) is 0. The summed E-state index contributed by atoms with van der Waals surface area (Å²) in [5.41, 5.74) is 2.20. The molecule has 258 valence electrons. The Balaban J connectivity index is 1.29. The summed E-state index contributed by atoms with van der Waals surface area (Å²) < 4.78 is 13.1. The third kappa shape index (κ3) is 5.47. The third-order valence-corrected chi connectivity index (χ3v) is 12.9. The van der Waals surface area contributed by atoms with E-state index in [1.807, 2.05) is 52.0 Å². The van der Waals surface area contributed by atoms with Gasteiger partial charge in [-0.2, -0.15) is 20.2 Å². The van der Waals surface area contributed by atoms with E-state index in [0.29, 0.717) is 39.6 Å². The molecular weight excluding hydrogens is 737 g/mol. The van der Waals surface area contributed by atoms with Gasteiger partial charge in [-0.1, -0.05) is 11.8 Å². The van der Waals surface area contributed by atoms with Crippen molar-refractivity contribution in [1.82, 2.24) is 9.80 Å². The Morgan fingerprint density at radius 1 is 0.769 bits per heavy atom. The summed E-state index contributed by atoms with van der Waals surface area (Å²) in [5.74, 6) is 0.386. The first-order valence-corrected chi connectivity index (χ1v) is 19.1. The number of fused-ring (bicyclic) bond motifs is 6. The molecule has 2 fully saturated rings. The van der Waals surface area contributed by atoms with E-state index in [1.54, 1.807) is 13.8 Å². The van der Waals surface area contributed by atoms with Crippen molar-refractivity contribution in [1.29, 1.82) is 10.5 Å². The highest BCUT2D eigenvalue weighted by atomic mass is 32.2. The number of amides is 2. The van der Waals surface area contributed by atoms with Crippen LogP contribution in [0.15, 0.2) is 55.7 Å². The molecule has 2 amide bonds. The minimum Gasteiger partial charge on any atom is -0.482 e. The Hall–Kier alpha value is -5.36. The SMILES string of the molecule is [C-]#[N+]C([N+]#[C-])=C1SC(=Nc2cc3c(s2)-c2cc4c(cc2C(C)(C)O3)-c2sc(N=C3SC(=C(C#N)C#N)N(CC)C3=O)cc2OC4(C)C)C(=O)N1CC. The van der Waals surface area contributed by atoms with Crippen LogP contribution in [0.4, 0.5) is 10.0 Å². The van der Waals surface area contributed by atoms with Gasteiger partial charge in [0.25, 0.3) is 11.8 Å². The highest BCUT2D eigenvalue weighted by molar-refractivity contribution is 8.20. The fourth-order valence-electron chi connectivity index (χ4n) is 6.30. The van der Waals surface area contributed by atoms with Gasteiger partial charge in [-0.15, -0.1) is 22.7 Å². The standard InChI is InChI=1S/C36H26N8O4S4/c1-9-43-31(45)29(51-33(43)17(15-37)16-38)41-24-13-22-26(49-24)18-11-21-19(12-20(18)35(3,4)47-22)27-23(48-36(21,5)6)14-25(50-27)42-30-32(46)44(10-2)34(52-30)28(39-7)40-8/h11-14H,9-10H2,1-6H3. The topological polar surface area (TPSA) is 140 Å². The van der Waals surface area contributed by atoms with Crippen molar-refractivity contribution < 1.29 is 19.1 Å². The predicted octanol–water partition coefficient (Wildman–Crippen LogP) is 8.87. The molecule has 0 N–H and O–H groups in total. The van der Waals surface area contributed by atoms with Gasteiger partial charge in [-0.3, -0.25) is 14.5 Å². The second-order valence-electron chi connectivity index (χ2n) is 12.6. The first-order chi connectivity index (χ1) is 24.8. The summed E-state index contributed by atoms with van der Waals surface area (Å²) in [5, 5.41) is 20.9. The van der Waals surface area contributed by atoms with Gasteiger partial charge in [0.15, 0.2) is 20.7 Å². The Kier molecular flexibility index (Phi) is 8.56. The fraction of sp³-hybridized carbons (Fsp3) is 0.278. The van der Waals surface area contributed by atoms with Crippen molar-refractivity contribution in [3.05, 3.63) is 79.7 Å². The maximum atomic E-state index is 13.2. The van der Waals surface area contributed by atoms with Crippen LogP contribution in [-0.2, 0) is 20.8 Å². The summed E-state index contributed by atoms with van der Waals surface area (Å²) in [6.07, 6.45) is 0. The largest absolute Gasteiger partial charge is 0.550 e. The molecule has 2 saturated heterocycles. The molecule has 16 heteroatoms. The minimum absolute atomic E-state index is 0.134. The normalized spacial score (nSPS) is 19.1. The van der Waals surface area contributed by atoms with E-state index in [9.17, 15) is 20.1 Å². The van der Waals surface area contributed by atoms with Crippen molar-refractivity contribution in [3.8, 4) is 44.5 Å². The number of rotatable bonds is 4. The number of thiophene rings is 2. The fourth-order valence-corrected chi connectivity index (χ4v) is 10.5. The Morgan fingerprint density at radius 3 is 1.60 bits per heavy atom. The first kappa shape index (κ1) is 35.1. The van der Waals surface area contributed by atoms with Gasteiger partial charge in [-0.25, -0.2) is 9.98 Å². The number of carbonyl (C=O) groups is 2. The number of nitrogens with zero attached hydrogens (tertiary/aromatic N) is 8. The van der Waals surface area contributed by atoms with E-state index in [4.69, 9.17) is 22.6 Å². The van der Waals surface area contributed by atoms with Crippen LogP contribution in [0.1, 0.15) is 52.7 Å². The molecular formula is C36H26N8O4S4. The van der Waals surface area contributed by atoms with Gasteiger partial charge in [0.1, 0.15) is 63.0 Å². The Labute approximate surface area is 316 Å². The molecule has 12 nitrogen and oxygen atoms in total. The van der Waals surface area contributed by atoms with E-state index in [2.05, 4.69) is 31.8 Å². The zero-order valence-electron chi connectivity index (χ0n) is 28.6. The van der Waals surface area contributed by atoms with Gasteiger partial charge in [0.05, 0.1) is 9.75 Å². The zero-order valence-corrected chi connectivity index (χ0v) is 31.8. The summed E-state index contributed by atoms with van der Waals surface area (Å²) in [4.78, 5) is 46.9. The average Bonchev–Trinajstić information content (AvgIpc) is 3.85. The van der Waals surface area contributed by atoms with Gasteiger partial charge in [0.2, 0.25) is 0 Å². The van der Waals surface area contributed by atoms with Crippen molar-refractivity contribution in [2.45, 2.75) is 52.7 Å². The van der Waals surface area contributed by atoms with Crippen molar-refractivity contribution >= 4 is 78.1 Å². The lowest BCUT2D eigenvalue weighted by Gasteiger charge is -2.38. The van der Waals surface area contributed by atoms with Crippen LogP contribution in [-0.4, -0.2) is 44.8 Å². The van der Waals surface area contributed by atoms with Crippen molar-refractivity contribution in [3.63, 3.8) is 0 Å². The number of nitriles is 2. The van der Waals surface area contributed by atoms with Gasteiger partial charge in [-0.05, 0) is 65.4 Å². The van der Waals surface area contributed by atoms with E-state index < -0.39 is 11.2 Å². The molecule has 0 unspecified atom stereocenters. The third-order valence-electron chi connectivity index (χ3n) is 8.67. The van der Waals surface area contributed by atoms with Gasteiger partial charge >= 0.3 is 5.82 Å². The van der Waals surface area contributed by atoms with Crippen LogP contribution < -0.4 is 9.47 Å². The highest BCUT2D eigenvalue weighted by Crippen LogP contribution is 2.58. The molecule has 6 heterocycles. The molecule has 0 atom stereocenters. The molecule has 1 aromatic carbocycles. The summed E-state index contributed by atoms with van der Waals surface area (Å²) in [6, 6.07) is 11.6. The van der Waals surface area contributed by atoms with E-state index in [1.165, 1.54) is 32.5 Å². The molecule has 0 saturated carbocycles. The van der Waals surface area contributed by atoms with Crippen molar-refractivity contribution in [2.24, 2.45) is 9.98 Å². The molecule has 52 heavy (non-hydrogen) atoms. The van der Waals surface area contributed by atoms with E-state index >= 15 is 0 Å². The lowest BCUT2D eigenvalue weighted by atomic mass is 9.81. The van der Waals surface area contributed by atoms with Crippen LogP contribution in [0, 0.1) is 35.8 Å². The number of carbonyl (C=O) groups excluding carboxylic acids is 2. The first-order valence-electron chi connectivity index (χ1n) is 15.8. The molecule has 0 bridgehead atoms. The Bertz CT molecular complexity index is 2250. The van der Waals surface area contributed by atoms with Crippen LogP contribution in [0.3, 0.4) is 0 Å². The molecule has 0 radical (unpaired) electrons. The molecule has 4 aliphatic rings. The maximum absolute atomic E-state index is 13.2. The quantitative estimate of drug-likeness (QED) is 0.190. The van der Waals surface area contributed by atoms with E-state index in [0.717, 1.165) is 55.5 Å². The lowest BCUT2D eigenvalue weighted by molar-refractivity contribution is -0.121. The number of allylic oxidation sites excluding steroid dienone is 1. The number of hydrogen-bond acceptors (Lipinski definition) is 12. The molecule has 0 aliphatic carbocycles. The second-order valence-corrected chi connectivity index (χ2v) is 16.6. The van der Waals surface area contributed by atoms with E-state index in [-0.39, 0.29) is 38.3 Å².